The van der Waals surface area contributed by atoms with Crippen LogP contribution in [0.1, 0.15) is 44.9 Å². The molecule has 8 heteroatoms. The SMILES string of the molecule is CC(C)Cn1cc(CCCc2cnc(NC3CC(C)CN(N)C3)nc2)nn1. The molecule has 1 saturated heterocycles. The number of nitrogens with zero attached hydrogens (tertiary/aromatic N) is 6. The fourth-order valence-electron chi connectivity index (χ4n) is 3.63. The number of hydrogen-bond donors (Lipinski definition) is 2. The van der Waals surface area contributed by atoms with Crippen LogP contribution >= 0.6 is 0 Å². The third kappa shape index (κ3) is 6.25. The summed E-state index contributed by atoms with van der Waals surface area (Å²) in [7, 11) is 0. The first-order chi connectivity index (χ1) is 13.0. The molecular weight excluding hydrogens is 340 g/mol. The van der Waals surface area contributed by atoms with E-state index < -0.39 is 0 Å². The highest BCUT2D eigenvalue weighted by molar-refractivity contribution is 5.27. The number of hydrogen-bond acceptors (Lipinski definition) is 7. The Kier molecular flexibility index (Phi) is 6.73. The molecule has 2 aromatic heterocycles. The lowest BCUT2D eigenvalue weighted by atomic mass is 9.97. The molecule has 2 unspecified atom stereocenters. The van der Waals surface area contributed by atoms with E-state index in [-0.39, 0.29) is 0 Å². The smallest absolute Gasteiger partial charge is 0.222 e. The fourth-order valence-corrected chi connectivity index (χ4v) is 3.63. The standard InChI is InChI=1S/C19H32N8/c1-14(2)10-27-13-17(24-25-27)6-4-5-16-8-21-19(22-9-16)23-18-7-15(3)11-26(20)12-18/h8-9,13-15,18H,4-7,10-12,20H2,1-3H3,(H,21,22,23). The molecule has 2 aromatic rings. The van der Waals surface area contributed by atoms with E-state index in [0.29, 0.717) is 23.8 Å². The summed E-state index contributed by atoms with van der Waals surface area (Å²) in [5.74, 6) is 7.81. The van der Waals surface area contributed by atoms with Crippen molar-refractivity contribution in [3.8, 4) is 0 Å². The minimum absolute atomic E-state index is 0.304. The van der Waals surface area contributed by atoms with Crippen molar-refractivity contribution < 1.29 is 0 Å². The molecule has 3 N–H and O–H groups in total. The number of aryl methyl sites for hydroxylation is 2. The second-order valence-electron chi connectivity index (χ2n) is 8.23. The molecule has 1 aliphatic heterocycles. The minimum Gasteiger partial charge on any atom is -0.350 e. The molecule has 148 valence electrons. The summed E-state index contributed by atoms with van der Waals surface area (Å²) < 4.78 is 1.93. The highest BCUT2D eigenvalue weighted by Crippen LogP contribution is 2.16. The lowest BCUT2D eigenvalue weighted by molar-refractivity contribution is 0.175. The molecule has 8 nitrogen and oxygen atoms in total. The van der Waals surface area contributed by atoms with Gasteiger partial charge in [-0.2, -0.15) is 0 Å². The Balaban J connectivity index is 1.43. The number of rotatable bonds is 8. The van der Waals surface area contributed by atoms with Crippen molar-refractivity contribution >= 4 is 5.95 Å². The summed E-state index contributed by atoms with van der Waals surface area (Å²) in [6.45, 7) is 9.27. The maximum absolute atomic E-state index is 5.96. The van der Waals surface area contributed by atoms with Crippen LogP contribution in [0.25, 0.3) is 0 Å². The van der Waals surface area contributed by atoms with E-state index in [1.54, 1.807) is 0 Å². The quantitative estimate of drug-likeness (QED) is 0.683. The van der Waals surface area contributed by atoms with Gasteiger partial charge in [-0.15, -0.1) is 5.10 Å². The topological polar surface area (TPSA) is 97.8 Å². The Bertz CT molecular complexity index is 686. The maximum atomic E-state index is 5.96. The molecule has 3 heterocycles. The number of nitrogens with two attached hydrogens (primary N) is 1. The number of aromatic nitrogens is 5. The van der Waals surface area contributed by atoms with Crippen LogP contribution < -0.4 is 11.2 Å². The van der Waals surface area contributed by atoms with Crippen LogP contribution in [0.3, 0.4) is 0 Å². The molecule has 0 saturated carbocycles. The average Bonchev–Trinajstić information content (AvgIpc) is 3.02. The van der Waals surface area contributed by atoms with Crippen LogP contribution in [0.2, 0.25) is 0 Å². The highest BCUT2D eigenvalue weighted by atomic mass is 15.4. The highest BCUT2D eigenvalue weighted by Gasteiger charge is 2.23. The maximum Gasteiger partial charge on any atom is 0.222 e. The molecule has 3 rings (SSSR count). The van der Waals surface area contributed by atoms with Gasteiger partial charge >= 0.3 is 0 Å². The first kappa shape index (κ1) is 19.7. The molecule has 2 atom stereocenters. The van der Waals surface area contributed by atoms with E-state index in [4.69, 9.17) is 5.84 Å². The Morgan fingerprint density at radius 3 is 2.70 bits per heavy atom. The number of hydrazine groups is 1. The van der Waals surface area contributed by atoms with Gasteiger partial charge in [0, 0.05) is 44.3 Å². The van der Waals surface area contributed by atoms with Crippen molar-refractivity contribution in [2.45, 2.75) is 59.0 Å². The Hall–Kier alpha value is -2.06. The van der Waals surface area contributed by atoms with Gasteiger partial charge in [0.1, 0.15) is 0 Å². The van der Waals surface area contributed by atoms with Gasteiger partial charge in [0.25, 0.3) is 0 Å². The van der Waals surface area contributed by atoms with Crippen molar-refractivity contribution in [3.63, 3.8) is 0 Å². The van der Waals surface area contributed by atoms with Crippen LogP contribution in [0.15, 0.2) is 18.6 Å². The van der Waals surface area contributed by atoms with Crippen molar-refractivity contribution in [2.75, 3.05) is 18.4 Å². The van der Waals surface area contributed by atoms with Gasteiger partial charge in [-0.3, -0.25) is 10.5 Å². The van der Waals surface area contributed by atoms with Crippen LogP contribution in [-0.2, 0) is 19.4 Å². The lowest BCUT2D eigenvalue weighted by Crippen LogP contribution is -2.49. The van der Waals surface area contributed by atoms with Crippen LogP contribution in [0.5, 0.6) is 0 Å². The van der Waals surface area contributed by atoms with E-state index in [1.165, 1.54) is 0 Å². The molecule has 27 heavy (non-hydrogen) atoms. The summed E-state index contributed by atoms with van der Waals surface area (Å²) >= 11 is 0. The molecule has 0 spiro atoms. The predicted molar refractivity (Wildman–Crippen MR) is 106 cm³/mol. The van der Waals surface area contributed by atoms with Gasteiger partial charge in [-0.05, 0) is 43.1 Å². The zero-order chi connectivity index (χ0) is 19.2. The molecule has 0 aromatic carbocycles. The third-order valence-corrected chi connectivity index (χ3v) is 4.76. The molecule has 0 radical (unpaired) electrons. The van der Waals surface area contributed by atoms with Crippen LogP contribution in [-0.4, -0.2) is 49.1 Å². The van der Waals surface area contributed by atoms with Crippen molar-refractivity contribution in [2.24, 2.45) is 17.7 Å². The number of anilines is 1. The molecule has 0 amide bonds. The van der Waals surface area contributed by atoms with Gasteiger partial charge in [-0.25, -0.2) is 15.0 Å². The third-order valence-electron chi connectivity index (χ3n) is 4.76. The van der Waals surface area contributed by atoms with Crippen molar-refractivity contribution in [1.82, 2.24) is 30.0 Å². The molecule has 0 aliphatic carbocycles. The Labute approximate surface area is 161 Å². The molecule has 0 bridgehead atoms. The van der Waals surface area contributed by atoms with E-state index in [0.717, 1.165) is 56.6 Å². The number of piperidine rings is 1. The van der Waals surface area contributed by atoms with Gasteiger partial charge in [0.05, 0.1) is 5.69 Å². The van der Waals surface area contributed by atoms with Gasteiger partial charge in [0.2, 0.25) is 5.95 Å². The zero-order valence-corrected chi connectivity index (χ0v) is 16.7. The summed E-state index contributed by atoms with van der Waals surface area (Å²) in [5, 5.41) is 13.7. The van der Waals surface area contributed by atoms with E-state index >= 15 is 0 Å². The van der Waals surface area contributed by atoms with Crippen LogP contribution in [0.4, 0.5) is 5.95 Å². The fraction of sp³-hybridized carbons (Fsp3) is 0.684. The summed E-state index contributed by atoms with van der Waals surface area (Å²) in [6.07, 6.45) is 9.85. The van der Waals surface area contributed by atoms with Gasteiger partial charge in [0.15, 0.2) is 0 Å². The second-order valence-corrected chi connectivity index (χ2v) is 8.23. The van der Waals surface area contributed by atoms with Crippen LogP contribution in [0, 0.1) is 11.8 Å². The predicted octanol–water partition coefficient (Wildman–Crippen LogP) is 1.90. The molecule has 1 fully saturated rings. The summed E-state index contributed by atoms with van der Waals surface area (Å²) in [5.41, 5.74) is 2.19. The van der Waals surface area contributed by atoms with E-state index in [1.807, 2.05) is 22.1 Å². The molecular formula is C19H32N8. The van der Waals surface area contributed by atoms with E-state index in [9.17, 15) is 0 Å². The molecule has 1 aliphatic rings. The normalized spacial score (nSPS) is 20.9. The first-order valence-electron chi connectivity index (χ1n) is 9.94. The Morgan fingerprint density at radius 2 is 2.00 bits per heavy atom. The largest absolute Gasteiger partial charge is 0.350 e. The van der Waals surface area contributed by atoms with Crippen molar-refractivity contribution in [3.05, 3.63) is 29.8 Å². The van der Waals surface area contributed by atoms with Gasteiger partial charge < -0.3 is 5.32 Å². The van der Waals surface area contributed by atoms with E-state index in [2.05, 4.69) is 52.6 Å². The monoisotopic (exact) mass is 372 g/mol. The second kappa shape index (κ2) is 9.23. The average molecular weight is 373 g/mol. The lowest BCUT2D eigenvalue weighted by Gasteiger charge is -2.33. The van der Waals surface area contributed by atoms with Gasteiger partial charge in [-0.1, -0.05) is 26.0 Å². The summed E-state index contributed by atoms with van der Waals surface area (Å²) in [4.78, 5) is 8.94. The number of nitrogens with one attached hydrogen (secondary N) is 1. The first-order valence-corrected chi connectivity index (χ1v) is 9.94. The summed E-state index contributed by atoms with van der Waals surface area (Å²) in [6, 6.07) is 0.304. The minimum atomic E-state index is 0.304. The Morgan fingerprint density at radius 1 is 1.22 bits per heavy atom. The van der Waals surface area contributed by atoms with Crippen molar-refractivity contribution in [1.29, 1.82) is 0 Å². The zero-order valence-electron chi connectivity index (χ0n) is 16.7.